The monoisotopic (exact) mass is 327 g/mol. The van der Waals surface area contributed by atoms with Crippen LogP contribution in [0.15, 0.2) is 41.3 Å². The minimum Gasteiger partial charge on any atom is -0.326 e. The Kier molecular flexibility index (Phi) is 4.97. The number of anilines is 1. The van der Waals surface area contributed by atoms with Crippen molar-refractivity contribution >= 4 is 22.4 Å². The van der Waals surface area contributed by atoms with Crippen LogP contribution in [-0.2, 0) is 22.0 Å². The third-order valence-electron chi connectivity index (χ3n) is 2.88. The third-order valence-corrected chi connectivity index (χ3v) is 3.83. The van der Waals surface area contributed by atoms with Crippen LogP contribution < -0.4 is 5.32 Å². The summed E-state index contributed by atoms with van der Waals surface area (Å²) in [5.41, 5.74) is 0.0535. The molecule has 1 unspecified atom stereocenters. The molecule has 0 bridgehead atoms. The fourth-order valence-corrected chi connectivity index (χ4v) is 2.46. The highest BCUT2D eigenvalue weighted by molar-refractivity contribution is 7.84. The molecular formula is C15H12F3NO2S. The molecule has 0 fully saturated rings. The first-order valence-corrected chi connectivity index (χ1v) is 7.79. The van der Waals surface area contributed by atoms with Crippen LogP contribution in [0.25, 0.3) is 0 Å². The van der Waals surface area contributed by atoms with Crippen LogP contribution in [0, 0.1) is 17.5 Å². The van der Waals surface area contributed by atoms with Crippen molar-refractivity contribution in [3.63, 3.8) is 0 Å². The first-order valence-electron chi connectivity index (χ1n) is 6.23. The maximum Gasteiger partial charge on any atom is 0.228 e. The Morgan fingerprint density at radius 1 is 1.09 bits per heavy atom. The van der Waals surface area contributed by atoms with Gasteiger partial charge in [0.25, 0.3) is 0 Å². The Morgan fingerprint density at radius 3 is 2.45 bits per heavy atom. The second-order valence-corrected chi connectivity index (χ2v) is 5.91. The Balaban J connectivity index is 2.11. The van der Waals surface area contributed by atoms with Gasteiger partial charge in [-0.25, -0.2) is 13.2 Å². The number of nitrogens with one attached hydrogen (secondary N) is 1. The fraction of sp³-hybridized carbons (Fsp3) is 0.133. The van der Waals surface area contributed by atoms with Gasteiger partial charge in [0.05, 0.1) is 22.1 Å². The van der Waals surface area contributed by atoms with E-state index in [0.717, 1.165) is 24.3 Å². The summed E-state index contributed by atoms with van der Waals surface area (Å²) in [6.45, 7) is 0. The van der Waals surface area contributed by atoms with Gasteiger partial charge in [0.15, 0.2) is 0 Å². The molecule has 0 spiro atoms. The van der Waals surface area contributed by atoms with Gasteiger partial charge in [-0.05, 0) is 36.4 Å². The highest BCUT2D eigenvalue weighted by Gasteiger charge is 2.12. The predicted molar refractivity (Wildman–Crippen MR) is 77.4 cm³/mol. The molecule has 0 heterocycles. The zero-order chi connectivity index (χ0) is 16.3. The lowest BCUT2D eigenvalue weighted by Gasteiger charge is -2.08. The summed E-state index contributed by atoms with van der Waals surface area (Å²) in [7, 11) is -1.48. The molecule has 1 amide bonds. The molecule has 0 aromatic heterocycles. The Bertz CT molecular complexity index is 750. The molecule has 0 saturated carbocycles. The van der Waals surface area contributed by atoms with Crippen LogP contribution in [0.3, 0.4) is 0 Å². The Hall–Kier alpha value is -2.15. The summed E-state index contributed by atoms with van der Waals surface area (Å²) in [4.78, 5) is 11.8. The van der Waals surface area contributed by atoms with Crippen LogP contribution in [0.2, 0.25) is 0 Å². The first kappa shape index (κ1) is 16.2. The van der Waals surface area contributed by atoms with Gasteiger partial charge in [0.1, 0.15) is 17.5 Å². The van der Waals surface area contributed by atoms with Gasteiger partial charge in [-0.2, -0.15) is 0 Å². The third kappa shape index (κ3) is 3.94. The zero-order valence-electron chi connectivity index (χ0n) is 11.5. The smallest absolute Gasteiger partial charge is 0.228 e. The van der Waals surface area contributed by atoms with E-state index in [9.17, 15) is 22.2 Å². The lowest BCUT2D eigenvalue weighted by Crippen LogP contribution is -2.15. The molecule has 3 nitrogen and oxygen atoms in total. The van der Waals surface area contributed by atoms with Crippen molar-refractivity contribution in [2.75, 3.05) is 11.6 Å². The topological polar surface area (TPSA) is 46.2 Å². The second-order valence-electron chi connectivity index (χ2n) is 4.56. The lowest BCUT2D eigenvalue weighted by molar-refractivity contribution is -0.115. The van der Waals surface area contributed by atoms with Crippen LogP contribution in [0.4, 0.5) is 18.9 Å². The lowest BCUT2D eigenvalue weighted by atomic mass is 10.1. The van der Waals surface area contributed by atoms with Crippen molar-refractivity contribution in [2.24, 2.45) is 0 Å². The Labute approximate surface area is 127 Å². The number of hydrogen-bond donors (Lipinski definition) is 1. The number of carbonyl (C=O) groups excluding carboxylic acids is 1. The van der Waals surface area contributed by atoms with E-state index in [1.165, 1.54) is 18.4 Å². The molecule has 0 saturated heterocycles. The Morgan fingerprint density at radius 2 is 1.82 bits per heavy atom. The van der Waals surface area contributed by atoms with E-state index < -0.39 is 34.2 Å². The number of hydrogen-bond acceptors (Lipinski definition) is 2. The summed E-state index contributed by atoms with van der Waals surface area (Å²) < 4.78 is 51.3. The van der Waals surface area contributed by atoms with Crippen LogP contribution in [-0.4, -0.2) is 16.4 Å². The summed E-state index contributed by atoms with van der Waals surface area (Å²) in [6, 6.07) is 6.53. The van der Waals surface area contributed by atoms with Crippen LogP contribution in [0.1, 0.15) is 5.56 Å². The summed E-state index contributed by atoms with van der Waals surface area (Å²) in [5, 5.41) is 2.38. The molecule has 0 aliphatic carbocycles. The van der Waals surface area contributed by atoms with Gasteiger partial charge in [-0.3, -0.25) is 9.00 Å². The van der Waals surface area contributed by atoms with E-state index >= 15 is 0 Å². The molecule has 0 radical (unpaired) electrons. The summed E-state index contributed by atoms with van der Waals surface area (Å²) >= 11 is 0. The quantitative estimate of drug-likeness (QED) is 0.938. The largest absolute Gasteiger partial charge is 0.326 e. The molecular weight excluding hydrogens is 315 g/mol. The van der Waals surface area contributed by atoms with Gasteiger partial charge < -0.3 is 5.32 Å². The van der Waals surface area contributed by atoms with Crippen molar-refractivity contribution in [2.45, 2.75) is 11.3 Å². The molecule has 1 N–H and O–H groups in total. The van der Waals surface area contributed by atoms with Crippen LogP contribution in [0.5, 0.6) is 0 Å². The van der Waals surface area contributed by atoms with Crippen molar-refractivity contribution in [3.05, 3.63) is 59.4 Å². The number of benzene rings is 2. The van der Waals surface area contributed by atoms with Gasteiger partial charge in [0.2, 0.25) is 5.91 Å². The predicted octanol–water partition coefficient (Wildman–Crippen LogP) is 3.02. The highest BCUT2D eigenvalue weighted by Crippen LogP contribution is 2.18. The summed E-state index contributed by atoms with van der Waals surface area (Å²) in [5.74, 6) is -2.67. The molecule has 2 rings (SSSR count). The zero-order valence-corrected chi connectivity index (χ0v) is 12.3. The molecule has 22 heavy (non-hydrogen) atoms. The molecule has 2 aromatic carbocycles. The van der Waals surface area contributed by atoms with Crippen molar-refractivity contribution in [1.82, 2.24) is 0 Å². The van der Waals surface area contributed by atoms with Crippen molar-refractivity contribution in [3.8, 4) is 0 Å². The fourth-order valence-electron chi connectivity index (χ4n) is 1.87. The minimum absolute atomic E-state index is 0.0224. The molecule has 7 heteroatoms. The van der Waals surface area contributed by atoms with E-state index in [-0.39, 0.29) is 22.6 Å². The normalized spacial score (nSPS) is 12.0. The van der Waals surface area contributed by atoms with Gasteiger partial charge in [0, 0.05) is 17.5 Å². The van der Waals surface area contributed by atoms with E-state index in [4.69, 9.17) is 0 Å². The molecule has 116 valence electrons. The number of carbonyl (C=O) groups is 1. The molecule has 0 aliphatic heterocycles. The second kappa shape index (κ2) is 6.74. The standard InChI is InChI=1S/C15H12F3NO2S/c1-22(21)14-5-3-11(8-13(14)18)19-15(20)7-9-6-10(16)2-4-12(9)17/h2-6,8H,7H2,1H3,(H,19,20). The van der Waals surface area contributed by atoms with Crippen LogP contribution >= 0.6 is 0 Å². The summed E-state index contributed by atoms with van der Waals surface area (Å²) in [6.07, 6.45) is 0.954. The van der Waals surface area contributed by atoms with Gasteiger partial charge in [-0.1, -0.05) is 0 Å². The maximum atomic E-state index is 13.6. The SMILES string of the molecule is CS(=O)c1ccc(NC(=O)Cc2cc(F)ccc2F)cc1F. The number of rotatable bonds is 4. The number of amides is 1. The van der Waals surface area contributed by atoms with E-state index in [1.54, 1.807) is 0 Å². The first-order chi connectivity index (χ1) is 10.4. The van der Waals surface area contributed by atoms with E-state index in [2.05, 4.69) is 5.32 Å². The highest BCUT2D eigenvalue weighted by atomic mass is 32.2. The molecule has 2 aromatic rings. The van der Waals surface area contributed by atoms with E-state index in [0.29, 0.717) is 0 Å². The molecule has 0 aliphatic rings. The average Bonchev–Trinajstić information content (AvgIpc) is 2.42. The number of halogens is 3. The molecule has 1 atom stereocenters. The van der Waals surface area contributed by atoms with Crippen molar-refractivity contribution < 1.29 is 22.2 Å². The van der Waals surface area contributed by atoms with E-state index in [1.807, 2.05) is 0 Å². The van der Waals surface area contributed by atoms with Gasteiger partial charge >= 0.3 is 0 Å². The van der Waals surface area contributed by atoms with Crippen molar-refractivity contribution in [1.29, 1.82) is 0 Å². The maximum absolute atomic E-state index is 13.6. The van der Waals surface area contributed by atoms with Gasteiger partial charge in [-0.15, -0.1) is 0 Å². The minimum atomic E-state index is -1.48. The average molecular weight is 327 g/mol.